The van der Waals surface area contributed by atoms with Crippen molar-refractivity contribution < 1.29 is 8.42 Å². The predicted molar refractivity (Wildman–Crippen MR) is 107 cm³/mol. The molecule has 28 heavy (non-hydrogen) atoms. The lowest BCUT2D eigenvalue weighted by atomic mass is 9.95. The Morgan fingerprint density at radius 1 is 1.14 bits per heavy atom. The molecule has 0 bridgehead atoms. The van der Waals surface area contributed by atoms with Crippen molar-refractivity contribution in [1.82, 2.24) is 19.7 Å². The number of hydrogen-bond donors (Lipinski definition) is 0. The second kappa shape index (κ2) is 6.53. The Balaban J connectivity index is 1.45. The maximum absolute atomic E-state index is 13.1. The van der Waals surface area contributed by atoms with Crippen molar-refractivity contribution in [2.24, 2.45) is 0 Å². The van der Waals surface area contributed by atoms with E-state index in [2.05, 4.69) is 21.9 Å². The molecule has 0 radical (unpaired) electrons. The maximum atomic E-state index is 13.1. The zero-order valence-corrected chi connectivity index (χ0v) is 16.5. The predicted octanol–water partition coefficient (Wildman–Crippen LogP) is 2.72. The van der Waals surface area contributed by atoms with Crippen molar-refractivity contribution in [3.8, 4) is 11.1 Å². The van der Waals surface area contributed by atoms with E-state index in [9.17, 15) is 8.42 Å². The Hall–Kier alpha value is -2.51. The van der Waals surface area contributed by atoms with Gasteiger partial charge in [-0.15, -0.1) is 0 Å². The minimum absolute atomic E-state index is 0.0258. The molecule has 0 unspecified atom stereocenters. The molecule has 2 aliphatic rings. The Morgan fingerprint density at radius 2 is 2.04 bits per heavy atom. The second-order valence-electron chi connectivity index (χ2n) is 7.58. The lowest BCUT2D eigenvalue weighted by molar-refractivity contribution is 0.325. The zero-order valence-electron chi connectivity index (χ0n) is 15.7. The van der Waals surface area contributed by atoms with Gasteiger partial charge in [0.25, 0.3) is 0 Å². The lowest BCUT2D eigenvalue weighted by Crippen LogP contribution is -2.25. The molecule has 6 nitrogen and oxygen atoms in total. The van der Waals surface area contributed by atoms with Crippen molar-refractivity contribution >= 4 is 9.84 Å². The number of aromatic nitrogens is 3. The number of sulfone groups is 1. The average Bonchev–Trinajstić information content (AvgIpc) is 3.39. The van der Waals surface area contributed by atoms with Crippen LogP contribution < -0.4 is 0 Å². The van der Waals surface area contributed by atoms with Crippen LogP contribution in [-0.4, -0.2) is 46.4 Å². The number of benzene rings is 1. The van der Waals surface area contributed by atoms with Crippen LogP contribution >= 0.6 is 0 Å². The van der Waals surface area contributed by atoms with Gasteiger partial charge in [-0.1, -0.05) is 12.1 Å². The quantitative estimate of drug-likeness (QED) is 0.681. The van der Waals surface area contributed by atoms with Gasteiger partial charge >= 0.3 is 0 Å². The first-order valence-electron chi connectivity index (χ1n) is 9.58. The Morgan fingerprint density at radius 3 is 2.79 bits per heavy atom. The number of pyridine rings is 1. The number of aryl methyl sites for hydroxylation is 1. The first kappa shape index (κ1) is 17.6. The van der Waals surface area contributed by atoms with Gasteiger partial charge in [-0.05, 0) is 41.8 Å². The molecule has 4 heterocycles. The van der Waals surface area contributed by atoms with E-state index in [0.29, 0.717) is 11.4 Å². The van der Waals surface area contributed by atoms with Gasteiger partial charge in [-0.25, -0.2) is 8.42 Å². The highest BCUT2D eigenvalue weighted by Crippen LogP contribution is 2.46. The standard InChI is InChI=1S/C21H22N4O2S/c1-2-25-12-15(9-23-25)11-24-13-19-18-8-16(17-4-3-7-22-10-17)5-6-20(18)28(26,27)21(19)14-24/h3-10,12,19,21H,2,11,13-14H2,1H3/t19-,21+/m0/s1. The van der Waals surface area contributed by atoms with Gasteiger partial charge in [0.05, 0.1) is 16.3 Å². The molecule has 2 atom stereocenters. The summed E-state index contributed by atoms with van der Waals surface area (Å²) in [5.41, 5.74) is 4.11. The molecular formula is C21H22N4O2S. The Labute approximate surface area is 164 Å². The number of fused-ring (bicyclic) bond motifs is 3. The minimum atomic E-state index is -3.28. The van der Waals surface area contributed by atoms with Gasteiger partial charge in [0.15, 0.2) is 9.84 Å². The fourth-order valence-electron chi connectivity index (χ4n) is 4.49. The summed E-state index contributed by atoms with van der Waals surface area (Å²) in [6.07, 6.45) is 7.47. The van der Waals surface area contributed by atoms with Crippen LogP contribution in [0.2, 0.25) is 0 Å². The van der Waals surface area contributed by atoms with E-state index in [1.807, 2.05) is 47.5 Å². The normalized spacial score (nSPS) is 22.9. The van der Waals surface area contributed by atoms with E-state index in [4.69, 9.17) is 0 Å². The van der Waals surface area contributed by atoms with Crippen molar-refractivity contribution in [2.45, 2.75) is 36.1 Å². The summed E-state index contributed by atoms with van der Waals surface area (Å²) in [5.74, 6) is 0.0258. The van der Waals surface area contributed by atoms with Crippen LogP contribution in [0.4, 0.5) is 0 Å². The number of likely N-dealkylation sites (tertiary alicyclic amines) is 1. The van der Waals surface area contributed by atoms with E-state index < -0.39 is 9.84 Å². The fraction of sp³-hybridized carbons (Fsp3) is 0.333. The lowest BCUT2D eigenvalue weighted by Gasteiger charge is -2.16. The monoisotopic (exact) mass is 394 g/mol. The van der Waals surface area contributed by atoms with E-state index in [1.165, 1.54) is 0 Å². The molecule has 0 aliphatic carbocycles. The van der Waals surface area contributed by atoms with Crippen molar-refractivity contribution in [3.63, 3.8) is 0 Å². The van der Waals surface area contributed by atoms with Gasteiger partial charge in [0.1, 0.15) is 0 Å². The molecule has 3 aromatic rings. The highest BCUT2D eigenvalue weighted by molar-refractivity contribution is 7.92. The molecule has 2 aromatic heterocycles. The molecule has 0 spiro atoms. The van der Waals surface area contributed by atoms with Crippen LogP contribution in [0.3, 0.4) is 0 Å². The third-order valence-electron chi connectivity index (χ3n) is 5.87. The zero-order chi connectivity index (χ0) is 19.3. The molecule has 0 amide bonds. The molecule has 1 fully saturated rings. The highest BCUT2D eigenvalue weighted by Gasteiger charge is 2.50. The van der Waals surface area contributed by atoms with Gasteiger partial charge < -0.3 is 0 Å². The maximum Gasteiger partial charge on any atom is 0.183 e. The van der Waals surface area contributed by atoms with Crippen molar-refractivity contribution in [1.29, 1.82) is 0 Å². The topological polar surface area (TPSA) is 68.1 Å². The summed E-state index contributed by atoms with van der Waals surface area (Å²) < 4.78 is 28.1. The van der Waals surface area contributed by atoms with E-state index in [0.717, 1.165) is 41.9 Å². The smallest absolute Gasteiger partial charge is 0.183 e. The average molecular weight is 395 g/mol. The third kappa shape index (κ3) is 2.77. The number of hydrogen-bond acceptors (Lipinski definition) is 5. The number of rotatable bonds is 4. The van der Waals surface area contributed by atoms with E-state index in [1.54, 1.807) is 12.3 Å². The molecule has 1 aromatic carbocycles. The summed E-state index contributed by atoms with van der Waals surface area (Å²) >= 11 is 0. The van der Waals surface area contributed by atoms with E-state index >= 15 is 0 Å². The van der Waals surface area contributed by atoms with Crippen LogP contribution in [-0.2, 0) is 22.9 Å². The summed E-state index contributed by atoms with van der Waals surface area (Å²) in [5, 5.41) is 3.97. The Bertz CT molecular complexity index is 1120. The van der Waals surface area contributed by atoms with Gasteiger partial charge in [-0.2, -0.15) is 5.10 Å². The largest absolute Gasteiger partial charge is 0.297 e. The number of nitrogens with zero attached hydrogens (tertiary/aromatic N) is 4. The van der Waals surface area contributed by atoms with Crippen LogP contribution in [0.1, 0.15) is 24.0 Å². The van der Waals surface area contributed by atoms with E-state index in [-0.39, 0.29) is 11.2 Å². The molecule has 0 N–H and O–H groups in total. The molecule has 0 saturated carbocycles. The summed E-state index contributed by atoms with van der Waals surface area (Å²) in [6.45, 7) is 4.95. The minimum Gasteiger partial charge on any atom is -0.297 e. The summed E-state index contributed by atoms with van der Waals surface area (Å²) in [6, 6.07) is 9.62. The fourth-order valence-corrected chi connectivity index (χ4v) is 6.68. The van der Waals surface area contributed by atoms with Gasteiger partial charge in [-0.3, -0.25) is 14.6 Å². The SMILES string of the molecule is CCn1cc(CN2C[C@@H]3[C@@H](C2)c2cc(-c4cccnc4)ccc2S3(=O)=O)cn1. The van der Waals surface area contributed by atoms with Crippen molar-refractivity contribution in [3.05, 3.63) is 66.2 Å². The molecule has 5 rings (SSSR count). The van der Waals surface area contributed by atoms with Crippen molar-refractivity contribution in [2.75, 3.05) is 13.1 Å². The first-order chi connectivity index (χ1) is 13.6. The summed E-state index contributed by atoms with van der Waals surface area (Å²) in [7, 11) is -3.28. The van der Waals surface area contributed by atoms with Crippen LogP contribution in [0.25, 0.3) is 11.1 Å². The first-order valence-corrected chi connectivity index (χ1v) is 11.1. The summed E-state index contributed by atoms with van der Waals surface area (Å²) in [4.78, 5) is 6.93. The van der Waals surface area contributed by atoms with Gasteiger partial charge in [0.2, 0.25) is 0 Å². The Kier molecular flexibility index (Phi) is 4.10. The molecule has 7 heteroatoms. The highest BCUT2D eigenvalue weighted by atomic mass is 32.2. The van der Waals surface area contributed by atoms with Gasteiger partial charge in [0, 0.05) is 56.3 Å². The third-order valence-corrected chi connectivity index (χ3v) is 8.13. The van der Waals surface area contributed by atoms with Crippen LogP contribution in [0.5, 0.6) is 0 Å². The molecule has 2 aliphatic heterocycles. The molecule has 144 valence electrons. The van der Waals surface area contributed by atoms with Crippen LogP contribution in [0, 0.1) is 0 Å². The molecular weight excluding hydrogens is 372 g/mol. The molecule has 1 saturated heterocycles. The second-order valence-corrected chi connectivity index (χ2v) is 9.72. The van der Waals surface area contributed by atoms with Crippen LogP contribution in [0.15, 0.2) is 60.0 Å².